The zero-order valence-electron chi connectivity index (χ0n) is 8.78. The lowest BCUT2D eigenvalue weighted by Crippen LogP contribution is -2.21. The number of hydrogen-bond donors (Lipinski definition) is 3. The summed E-state index contributed by atoms with van der Waals surface area (Å²) in [7, 11) is 0. The molecule has 2 rings (SSSR count). The average molecular weight is 276 g/mol. The number of carboxylic acids is 1. The molecule has 0 amide bonds. The maximum atomic E-state index is 11.1. The van der Waals surface area contributed by atoms with Gasteiger partial charge in [0.2, 0.25) is 0 Å². The third-order valence-corrected chi connectivity index (χ3v) is 3.72. The van der Waals surface area contributed by atoms with Crippen LogP contribution in [0.15, 0.2) is 12.1 Å². The van der Waals surface area contributed by atoms with Gasteiger partial charge in [0.1, 0.15) is 5.75 Å². The first-order valence-electron chi connectivity index (χ1n) is 5.12. The lowest BCUT2D eigenvalue weighted by molar-refractivity contribution is -0.141. The molecule has 3 N–H and O–H groups in total. The minimum absolute atomic E-state index is 0.0145. The highest BCUT2D eigenvalue weighted by Crippen LogP contribution is 2.38. The van der Waals surface area contributed by atoms with E-state index < -0.39 is 11.9 Å². The second-order valence-corrected chi connectivity index (χ2v) is 4.85. The number of carboxylic acid groups (broad SMARTS) is 1. The Balaban J connectivity index is 2.40. The second kappa shape index (κ2) is 4.72. The van der Waals surface area contributed by atoms with E-state index >= 15 is 0 Å². The van der Waals surface area contributed by atoms with Crippen LogP contribution < -0.4 is 5.32 Å². The molecule has 6 heteroatoms. The monoisotopic (exact) mass is 275 g/mol. The molecule has 0 saturated carbocycles. The fourth-order valence-corrected chi connectivity index (χ4v) is 2.44. The van der Waals surface area contributed by atoms with E-state index in [1.165, 1.54) is 12.1 Å². The van der Waals surface area contributed by atoms with E-state index in [9.17, 15) is 9.90 Å². The van der Waals surface area contributed by atoms with Gasteiger partial charge in [-0.2, -0.15) is 0 Å². The number of aliphatic carboxylic acids is 1. The molecule has 1 saturated heterocycles. The number of hydrogen-bond acceptors (Lipinski definition) is 3. The largest absolute Gasteiger partial charge is 0.508 e. The van der Waals surface area contributed by atoms with Gasteiger partial charge < -0.3 is 15.5 Å². The molecule has 92 valence electrons. The van der Waals surface area contributed by atoms with Crippen LogP contribution in [0.2, 0.25) is 10.0 Å². The first kappa shape index (κ1) is 12.5. The van der Waals surface area contributed by atoms with Crippen molar-refractivity contribution in [1.82, 2.24) is 5.32 Å². The molecule has 1 aliphatic rings. The molecule has 0 spiro atoms. The number of aromatic hydroxyl groups is 1. The molecule has 1 aliphatic heterocycles. The van der Waals surface area contributed by atoms with Gasteiger partial charge in [0.15, 0.2) is 0 Å². The molecular weight excluding hydrogens is 265 g/mol. The van der Waals surface area contributed by atoms with Crippen LogP contribution in [0.3, 0.4) is 0 Å². The van der Waals surface area contributed by atoms with Crippen LogP contribution in [0.1, 0.15) is 11.5 Å². The maximum Gasteiger partial charge on any atom is 0.308 e. The minimum Gasteiger partial charge on any atom is -0.508 e. The van der Waals surface area contributed by atoms with E-state index in [-0.39, 0.29) is 16.7 Å². The van der Waals surface area contributed by atoms with Crippen molar-refractivity contribution >= 4 is 29.2 Å². The zero-order valence-corrected chi connectivity index (χ0v) is 10.3. The lowest BCUT2D eigenvalue weighted by atomic mass is 9.88. The predicted octanol–water partition coefficient (Wildman–Crippen LogP) is 2.09. The van der Waals surface area contributed by atoms with Gasteiger partial charge in [0.25, 0.3) is 0 Å². The van der Waals surface area contributed by atoms with Crippen LogP contribution in [0.4, 0.5) is 0 Å². The molecule has 1 aromatic rings. The average Bonchev–Trinajstić information content (AvgIpc) is 2.72. The van der Waals surface area contributed by atoms with Crippen LogP contribution in [0.5, 0.6) is 5.75 Å². The van der Waals surface area contributed by atoms with Crippen molar-refractivity contribution in [1.29, 1.82) is 0 Å². The molecule has 0 aliphatic carbocycles. The van der Waals surface area contributed by atoms with Gasteiger partial charge in [-0.25, -0.2) is 0 Å². The van der Waals surface area contributed by atoms with Crippen molar-refractivity contribution in [2.45, 2.75) is 5.92 Å². The number of carbonyl (C=O) groups is 1. The molecule has 0 radical (unpaired) electrons. The summed E-state index contributed by atoms with van der Waals surface area (Å²) >= 11 is 11.6. The number of phenols is 1. The van der Waals surface area contributed by atoms with Crippen LogP contribution in [0.25, 0.3) is 0 Å². The summed E-state index contributed by atoms with van der Waals surface area (Å²) in [6.45, 7) is 0.891. The summed E-state index contributed by atoms with van der Waals surface area (Å²) in [6, 6.07) is 2.88. The van der Waals surface area contributed by atoms with E-state index in [4.69, 9.17) is 28.3 Å². The number of rotatable bonds is 2. The van der Waals surface area contributed by atoms with Crippen LogP contribution in [0, 0.1) is 5.92 Å². The van der Waals surface area contributed by atoms with Crippen LogP contribution in [-0.4, -0.2) is 29.3 Å². The summed E-state index contributed by atoms with van der Waals surface area (Å²) in [6.07, 6.45) is 0. The first-order valence-corrected chi connectivity index (χ1v) is 5.87. The molecule has 1 fully saturated rings. The fraction of sp³-hybridized carbons (Fsp3) is 0.364. The summed E-state index contributed by atoms with van der Waals surface area (Å²) in [5.41, 5.74) is 0.525. The van der Waals surface area contributed by atoms with Gasteiger partial charge in [-0.3, -0.25) is 4.79 Å². The molecule has 0 unspecified atom stereocenters. The van der Waals surface area contributed by atoms with Crippen molar-refractivity contribution in [2.75, 3.05) is 13.1 Å². The second-order valence-electron chi connectivity index (χ2n) is 4.03. The first-order chi connectivity index (χ1) is 8.00. The van der Waals surface area contributed by atoms with Crippen molar-refractivity contribution in [2.24, 2.45) is 5.92 Å². The number of benzene rings is 1. The quantitative estimate of drug-likeness (QED) is 0.773. The standard InChI is InChI=1S/C11H11Cl2NO3/c12-8-1-5(10(15)2-9(8)13)6-3-14-4-7(6)11(16)17/h1-2,6-7,14-15H,3-4H2,(H,16,17)/t6-,7-/m0/s1. The fourth-order valence-electron chi connectivity index (χ4n) is 2.11. The molecule has 4 nitrogen and oxygen atoms in total. The Bertz CT molecular complexity index is 464. The highest BCUT2D eigenvalue weighted by Gasteiger charge is 2.35. The molecule has 1 heterocycles. The van der Waals surface area contributed by atoms with E-state index in [0.29, 0.717) is 23.7 Å². The molecule has 2 atom stereocenters. The third-order valence-electron chi connectivity index (χ3n) is 3.00. The van der Waals surface area contributed by atoms with Crippen molar-refractivity contribution in [3.63, 3.8) is 0 Å². The molecule has 17 heavy (non-hydrogen) atoms. The van der Waals surface area contributed by atoms with E-state index in [1.807, 2.05) is 0 Å². The Labute approximate surface area is 108 Å². The smallest absolute Gasteiger partial charge is 0.308 e. The number of halogens is 2. The van der Waals surface area contributed by atoms with Crippen LogP contribution >= 0.6 is 23.2 Å². The topological polar surface area (TPSA) is 69.6 Å². The lowest BCUT2D eigenvalue weighted by Gasteiger charge is -2.17. The van der Waals surface area contributed by atoms with E-state index in [0.717, 1.165) is 0 Å². The van der Waals surface area contributed by atoms with Gasteiger partial charge in [-0.15, -0.1) is 0 Å². The van der Waals surface area contributed by atoms with Crippen molar-refractivity contribution < 1.29 is 15.0 Å². The van der Waals surface area contributed by atoms with Gasteiger partial charge in [0, 0.05) is 30.6 Å². The Morgan fingerprint density at radius 1 is 1.29 bits per heavy atom. The summed E-state index contributed by atoms with van der Waals surface area (Å²) in [5.74, 6) is -1.75. The highest BCUT2D eigenvalue weighted by atomic mass is 35.5. The minimum atomic E-state index is -0.884. The van der Waals surface area contributed by atoms with Crippen LogP contribution in [-0.2, 0) is 4.79 Å². The summed E-state index contributed by atoms with van der Waals surface area (Å²) < 4.78 is 0. The Morgan fingerprint density at radius 3 is 2.59 bits per heavy atom. The zero-order chi connectivity index (χ0) is 12.6. The SMILES string of the molecule is O=C(O)[C@H]1CNC[C@H]1c1cc(Cl)c(Cl)cc1O. The number of phenolic OH excluding ortho intramolecular Hbond substituents is 1. The predicted molar refractivity (Wildman–Crippen MR) is 64.9 cm³/mol. The summed E-state index contributed by atoms with van der Waals surface area (Å²) in [5, 5.41) is 22.5. The van der Waals surface area contributed by atoms with Gasteiger partial charge in [-0.05, 0) is 6.07 Å². The molecular formula is C11H11Cl2NO3. The van der Waals surface area contributed by atoms with Gasteiger partial charge >= 0.3 is 5.97 Å². The van der Waals surface area contributed by atoms with E-state index in [1.54, 1.807) is 0 Å². The van der Waals surface area contributed by atoms with Crippen molar-refractivity contribution in [3.05, 3.63) is 27.7 Å². The summed E-state index contributed by atoms with van der Waals surface area (Å²) in [4.78, 5) is 11.1. The Morgan fingerprint density at radius 2 is 1.94 bits per heavy atom. The van der Waals surface area contributed by atoms with Gasteiger partial charge in [-0.1, -0.05) is 23.2 Å². The normalized spacial score (nSPS) is 23.9. The highest BCUT2D eigenvalue weighted by molar-refractivity contribution is 6.42. The van der Waals surface area contributed by atoms with Crippen molar-refractivity contribution in [3.8, 4) is 5.75 Å². The van der Waals surface area contributed by atoms with E-state index in [2.05, 4.69) is 5.32 Å². The Kier molecular flexibility index (Phi) is 3.47. The molecule has 1 aromatic carbocycles. The third kappa shape index (κ3) is 2.34. The molecule has 0 aromatic heterocycles. The van der Waals surface area contributed by atoms with Gasteiger partial charge in [0.05, 0.1) is 16.0 Å². The Hall–Kier alpha value is -0.970. The number of nitrogens with one attached hydrogen (secondary N) is 1. The molecule has 0 bridgehead atoms. The maximum absolute atomic E-state index is 11.1.